The maximum Gasteiger partial charge on any atom is 0.238 e. The number of likely N-dealkylation sites (tertiary alicyclic amines) is 1. The molecule has 1 atom stereocenters. The second-order valence-electron chi connectivity index (χ2n) is 7.69. The van der Waals surface area contributed by atoms with Crippen LogP contribution in [0.3, 0.4) is 0 Å². The Morgan fingerprint density at radius 2 is 2.00 bits per heavy atom. The Labute approximate surface area is 178 Å². The standard InChI is InChI=1S/C21H29N3O3S2/c1-15-11-18(5-8-21(15)28-4)27-20-7-6-19(29(22,25)26)12-16(20)13-24-10-9-17(14-24)23(2)3/h5-8,11-12,17H,9-10,13-14H2,1-4H3,(H2,22,25,26)/t17-/m1/s1. The molecule has 0 unspecified atom stereocenters. The average molecular weight is 436 g/mol. The van der Waals surface area contributed by atoms with Gasteiger partial charge in [0.15, 0.2) is 0 Å². The highest BCUT2D eigenvalue weighted by Gasteiger charge is 2.25. The third-order valence-corrected chi connectivity index (χ3v) is 7.14. The zero-order chi connectivity index (χ0) is 21.2. The third-order valence-electron chi connectivity index (χ3n) is 5.33. The van der Waals surface area contributed by atoms with E-state index in [2.05, 4.69) is 30.8 Å². The van der Waals surface area contributed by atoms with Crippen LogP contribution in [0.1, 0.15) is 17.5 Å². The van der Waals surface area contributed by atoms with Gasteiger partial charge in [-0.25, -0.2) is 13.6 Å². The van der Waals surface area contributed by atoms with Crippen LogP contribution in [0.2, 0.25) is 0 Å². The number of nitrogens with two attached hydrogens (primary N) is 1. The van der Waals surface area contributed by atoms with Crippen LogP contribution in [-0.4, -0.2) is 57.7 Å². The van der Waals surface area contributed by atoms with Gasteiger partial charge >= 0.3 is 0 Å². The molecule has 29 heavy (non-hydrogen) atoms. The van der Waals surface area contributed by atoms with Gasteiger partial charge < -0.3 is 9.64 Å². The van der Waals surface area contributed by atoms with Gasteiger partial charge in [-0.05, 0) is 75.7 Å². The van der Waals surface area contributed by atoms with Crippen molar-refractivity contribution in [1.29, 1.82) is 0 Å². The minimum absolute atomic E-state index is 0.108. The van der Waals surface area contributed by atoms with Crippen LogP contribution in [0.25, 0.3) is 0 Å². The first-order valence-electron chi connectivity index (χ1n) is 9.54. The van der Waals surface area contributed by atoms with Crippen LogP contribution in [-0.2, 0) is 16.6 Å². The van der Waals surface area contributed by atoms with Crippen LogP contribution in [0.5, 0.6) is 11.5 Å². The Morgan fingerprint density at radius 3 is 2.59 bits per heavy atom. The minimum atomic E-state index is -3.77. The average Bonchev–Trinajstić information content (AvgIpc) is 3.11. The lowest BCUT2D eigenvalue weighted by molar-refractivity contribution is 0.263. The Balaban J connectivity index is 1.89. The monoisotopic (exact) mass is 435 g/mol. The van der Waals surface area contributed by atoms with E-state index in [0.29, 0.717) is 18.3 Å². The number of thioether (sulfide) groups is 1. The fraction of sp³-hybridized carbons (Fsp3) is 0.429. The molecule has 6 nitrogen and oxygen atoms in total. The Bertz CT molecular complexity index is 977. The molecule has 1 aliphatic rings. The lowest BCUT2D eigenvalue weighted by atomic mass is 10.2. The molecule has 0 aliphatic carbocycles. The molecule has 2 aromatic rings. The second-order valence-corrected chi connectivity index (χ2v) is 10.1. The summed E-state index contributed by atoms with van der Waals surface area (Å²) in [6.45, 7) is 4.57. The van der Waals surface area contributed by atoms with E-state index in [1.54, 1.807) is 23.9 Å². The van der Waals surface area contributed by atoms with Crippen molar-refractivity contribution < 1.29 is 13.2 Å². The molecule has 3 rings (SSSR count). The Hall–Kier alpha value is -1.58. The summed E-state index contributed by atoms with van der Waals surface area (Å²) in [7, 11) is 0.403. The molecule has 0 aromatic heterocycles. The molecule has 0 bridgehead atoms. The SMILES string of the molecule is CSc1ccc(Oc2ccc(S(N)(=O)=O)cc2CN2CC[C@@H](N(C)C)C2)cc1C. The maximum atomic E-state index is 11.9. The minimum Gasteiger partial charge on any atom is -0.457 e. The summed E-state index contributed by atoms with van der Waals surface area (Å²) in [5, 5.41) is 5.36. The molecule has 2 aromatic carbocycles. The fourth-order valence-corrected chi connectivity index (χ4v) is 4.76. The van der Waals surface area contributed by atoms with Crippen LogP contribution in [0.15, 0.2) is 46.2 Å². The number of primary sulfonamides is 1. The van der Waals surface area contributed by atoms with Crippen molar-refractivity contribution in [3.05, 3.63) is 47.5 Å². The maximum absolute atomic E-state index is 11.9. The molecule has 0 saturated carbocycles. The zero-order valence-electron chi connectivity index (χ0n) is 17.4. The van der Waals surface area contributed by atoms with Gasteiger partial charge in [0.05, 0.1) is 4.90 Å². The van der Waals surface area contributed by atoms with Gasteiger partial charge in [-0.1, -0.05) is 0 Å². The van der Waals surface area contributed by atoms with E-state index >= 15 is 0 Å². The first-order valence-corrected chi connectivity index (χ1v) is 12.3. The molecule has 0 amide bonds. The lowest BCUT2D eigenvalue weighted by Gasteiger charge is -2.21. The molecule has 2 N–H and O–H groups in total. The molecule has 1 fully saturated rings. The summed E-state index contributed by atoms with van der Waals surface area (Å²) in [6, 6.07) is 11.3. The highest BCUT2D eigenvalue weighted by atomic mass is 32.2. The van der Waals surface area contributed by atoms with Gasteiger partial charge in [0, 0.05) is 36.1 Å². The van der Waals surface area contributed by atoms with Gasteiger partial charge in [0.25, 0.3) is 0 Å². The first kappa shape index (κ1) is 22.1. The quantitative estimate of drug-likeness (QED) is 0.673. The zero-order valence-corrected chi connectivity index (χ0v) is 19.0. The van der Waals surface area contributed by atoms with E-state index in [4.69, 9.17) is 9.88 Å². The number of rotatable bonds is 7. The van der Waals surface area contributed by atoms with Gasteiger partial charge in [-0.3, -0.25) is 4.90 Å². The number of sulfonamides is 1. The van der Waals surface area contributed by atoms with Crippen LogP contribution >= 0.6 is 11.8 Å². The predicted molar refractivity (Wildman–Crippen MR) is 118 cm³/mol. The van der Waals surface area contributed by atoms with Crippen molar-refractivity contribution in [2.45, 2.75) is 35.7 Å². The van der Waals surface area contributed by atoms with Gasteiger partial charge in [0.1, 0.15) is 11.5 Å². The van der Waals surface area contributed by atoms with Gasteiger partial charge in [0.2, 0.25) is 10.0 Å². The van der Waals surface area contributed by atoms with E-state index < -0.39 is 10.0 Å². The lowest BCUT2D eigenvalue weighted by Crippen LogP contribution is -2.31. The Kier molecular flexibility index (Phi) is 6.90. The number of nitrogens with zero attached hydrogens (tertiary/aromatic N) is 2. The molecular weight excluding hydrogens is 406 g/mol. The molecule has 0 radical (unpaired) electrons. The molecule has 1 saturated heterocycles. The first-order chi connectivity index (χ1) is 13.7. The van der Waals surface area contributed by atoms with Crippen molar-refractivity contribution >= 4 is 21.8 Å². The molecule has 1 heterocycles. The van der Waals surface area contributed by atoms with Crippen molar-refractivity contribution in [1.82, 2.24) is 9.80 Å². The van der Waals surface area contributed by atoms with Crippen molar-refractivity contribution in [2.24, 2.45) is 5.14 Å². The third kappa shape index (κ3) is 5.52. The number of hydrogen-bond donors (Lipinski definition) is 1. The number of benzene rings is 2. The number of aryl methyl sites for hydroxylation is 1. The predicted octanol–water partition coefficient (Wildman–Crippen LogP) is 3.29. The van der Waals surface area contributed by atoms with Crippen LogP contribution in [0.4, 0.5) is 0 Å². The van der Waals surface area contributed by atoms with Crippen molar-refractivity contribution in [3.8, 4) is 11.5 Å². The van der Waals surface area contributed by atoms with E-state index in [1.165, 1.54) is 11.0 Å². The molecule has 158 valence electrons. The molecule has 0 spiro atoms. The summed E-state index contributed by atoms with van der Waals surface area (Å²) >= 11 is 1.70. The number of hydrogen-bond acceptors (Lipinski definition) is 6. The second kappa shape index (κ2) is 9.06. The highest BCUT2D eigenvalue weighted by molar-refractivity contribution is 7.98. The fourth-order valence-electron chi connectivity index (χ4n) is 3.62. The van der Waals surface area contributed by atoms with Gasteiger partial charge in [-0.2, -0.15) is 0 Å². The summed E-state index contributed by atoms with van der Waals surface area (Å²) in [4.78, 5) is 5.86. The number of likely N-dealkylation sites (N-methyl/N-ethyl adjacent to an activating group) is 1. The summed E-state index contributed by atoms with van der Waals surface area (Å²) in [5.74, 6) is 1.39. The van der Waals surface area contributed by atoms with Crippen molar-refractivity contribution in [2.75, 3.05) is 33.4 Å². The normalized spacial score (nSPS) is 17.8. The highest BCUT2D eigenvalue weighted by Crippen LogP contribution is 2.32. The van der Waals surface area contributed by atoms with E-state index in [0.717, 1.165) is 36.4 Å². The summed E-state index contributed by atoms with van der Waals surface area (Å²) in [6.07, 6.45) is 3.14. The smallest absolute Gasteiger partial charge is 0.238 e. The summed E-state index contributed by atoms with van der Waals surface area (Å²) in [5.41, 5.74) is 1.97. The van der Waals surface area contributed by atoms with Crippen LogP contribution < -0.4 is 9.88 Å². The molecular formula is C21H29N3O3S2. The topological polar surface area (TPSA) is 75.9 Å². The Morgan fingerprint density at radius 1 is 1.24 bits per heavy atom. The van der Waals surface area contributed by atoms with Gasteiger partial charge in [-0.15, -0.1) is 11.8 Å². The van der Waals surface area contributed by atoms with E-state index in [1.807, 2.05) is 24.5 Å². The van der Waals surface area contributed by atoms with E-state index in [9.17, 15) is 8.42 Å². The molecule has 1 aliphatic heterocycles. The largest absolute Gasteiger partial charge is 0.457 e. The number of ether oxygens (including phenoxy) is 1. The van der Waals surface area contributed by atoms with Crippen molar-refractivity contribution in [3.63, 3.8) is 0 Å². The summed E-state index contributed by atoms with van der Waals surface area (Å²) < 4.78 is 29.9. The van der Waals surface area contributed by atoms with Crippen LogP contribution in [0, 0.1) is 6.92 Å². The van der Waals surface area contributed by atoms with E-state index in [-0.39, 0.29) is 4.90 Å². The molecule has 8 heteroatoms.